The summed E-state index contributed by atoms with van der Waals surface area (Å²) in [6.07, 6.45) is 3.04. The number of nitro groups is 1. The molecule has 5 heteroatoms. The van der Waals surface area contributed by atoms with E-state index in [-0.39, 0.29) is 10.6 Å². The molecule has 0 spiro atoms. The van der Waals surface area contributed by atoms with E-state index in [1.165, 1.54) is 17.7 Å². The van der Waals surface area contributed by atoms with Gasteiger partial charge < -0.3 is 4.57 Å². The molecule has 1 heterocycles. The molecule has 0 aliphatic rings. The van der Waals surface area contributed by atoms with Crippen LogP contribution in [0.15, 0.2) is 36.5 Å². The fourth-order valence-corrected chi connectivity index (χ4v) is 2.22. The van der Waals surface area contributed by atoms with Gasteiger partial charge in [0.2, 0.25) is 0 Å². The summed E-state index contributed by atoms with van der Waals surface area (Å²) in [6.45, 7) is 2.83. The normalized spacial score (nSPS) is 10.6. The van der Waals surface area contributed by atoms with E-state index in [0.29, 0.717) is 5.88 Å². The average molecular weight is 279 g/mol. The molecule has 4 nitrogen and oxygen atoms in total. The van der Waals surface area contributed by atoms with Crippen LogP contribution < -0.4 is 0 Å². The van der Waals surface area contributed by atoms with Crippen LogP contribution in [-0.2, 0) is 13.0 Å². The van der Waals surface area contributed by atoms with Crippen molar-refractivity contribution in [3.63, 3.8) is 0 Å². The zero-order chi connectivity index (χ0) is 13.8. The van der Waals surface area contributed by atoms with Crippen molar-refractivity contribution in [3.8, 4) is 11.3 Å². The summed E-state index contributed by atoms with van der Waals surface area (Å²) in [5.74, 6) is 0.539. The Labute approximate surface area is 116 Å². The lowest BCUT2D eigenvalue weighted by Gasteiger charge is -2.07. The topological polar surface area (TPSA) is 48.1 Å². The molecule has 2 rings (SSSR count). The van der Waals surface area contributed by atoms with E-state index < -0.39 is 0 Å². The van der Waals surface area contributed by atoms with Gasteiger partial charge in [-0.05, 0) is 35.7 Å². The molecule has 0 fully saturated rings. The highest BCUT2D eigenvalue weighted by molar-refractivity contribution is 6.17. The number of hydrogen-bond acceptors (Lipinski definition) is 2. The predicted octanol–water partition coefficient (Wildman–Crippen LogP) is 3.86. The Morgan fingerprint density at radius 1 is 1.32 bits per heavy atom. The van der Waals surface area contributed by atoms with Gasteiger partial charge in [-0.15, -0.1) is 11.6 Å². The number of aromatic nitrogens is 1. The molecule has 0 atom stereocenters. The van der Waals surface area contributed by atoms with Gasteiger partial charge in [0.15, 0.2) is 0 Å². The Balaban J connectivity index is 2.39. The van der Waals surface area contributed by atoms with Gasteiger partial charge in [-0.2, -0.15) is 0 Å². The second kappa shape index (κ2) is 5.89. The van der Waals surface area contributed by atoms with Gasteiger partial charge in [0.1, 0.15) is 0 Å². The first kappa shape index (κ1) is 13.6. The van der Waals surface area contributed by atoms with E-state index in [1.807, 2.05) is 0 Å². The first-order chi connectivity index (χ1) is 9.15. The van der Waals surface area contributed by atoms with Gasteiger partial charge in [-0.25, -0.2) is 0 Å². The molecule has 0 radical (unpaired) electrons. The SMILES string of the molecule is CCc1cc(-c2ccc([N+](=O)[O-])cc2)n(CCCl)c1. The van der Waals surface area contributed by atoms with Crippen molar-refractivity contribution in [2.75, 3.05) is 5.88 Å². The summed E-state index contributed by atoms with van der Waals surface area (Å²) < 4.78 is 2.09. The number of alkyl halides is 1. The molecule has 19 heavy (non-hydrogen) atoms. The van der Waals surface area contributed by atoms with Crippen molar-refractivity contribution in [3.05, 3.63) is 52.2 Å². The Morgan fingerprint density at radius 2 is 2.00 bits per heavy atom. The number of nitro benzene ring substituents is 1. The van der Waals surface area contributed by atoms with Crippen LogP contribution in [-0.4, -0.2) is 15.4 Å². The first-order valence-electron chi connectivity index (χ1n) is 6.15. The van der Waals surface area contributed by atoms with Crippen molar-refractivity contribution in [1.29, 1.82) is 0 Å². The van der Waals surface area contributed by atoms with Gasteiger partial charge in [-0.1, -0.05) is 6.92 Å². The third-order valence-corrected chi connectivity index (χ3v) is 3.23. The minimum Gasteiger partial charge on any atom is -0.346 e. The fraction of sp³-hybridized carbons (Fsp3) is 0.286. The van der Waals surface area contributed by atoms with Crippen molar-refractivity contribution in [1.82, 2.24) is 4.57 Å². The van der Waals surface area contributed by atoms with Crippen LogP contribution in [0.2, 0.25) is 0 Å². The second-order valence-electron chi connectivity index (χ2n) is 4.27. The van der Waals surface area contributed by atoms with E-state index in [4.69, 9.17) is 11.6 Å². The summed E-state index contributed by atoms with van der Waals surface area (Å²) in [5.41, 5.74) is 3.36. The van der Waals surface area contributed by atoms with Crippen molar-refractivity contribution in [2.45, 2.75) is 19.9 Å². The average Bonchev–Trinajstić information content (AvgIpc) is 2.82. The molecular weight excluding hydrogens is 264 g/mol. The van der Waals surface area contributed by atoms with Crippen LogP contribution in [0, 0.1) is 10.1 Å². The van der Waals surface area contributed by atoms with Crippen molar-refractivity contribution < 1.29 is 4.92 Å². The monoisotopic (exact) mass is 278 g/mol. The Kier molecular flexibility index (Phi) is 4.22. The third-order valence-electron chi connectivity index (χ3n) is 3.06. The summed E-state index contributed by atoms with van der Waals surface area (Å²) in [6, 6.07) is 8.71. The van der Waals surface area contributed by atoms with Crippen LogP contribution in [0.3, 0.4) is 0 Å². The van der Waals surface area contributed by atoms with Crippen molar-refractivity contribution in [2.24, 2.45) is 0 Å². The molecule has 0 aliphatic carbocycles. The maximum atomic E-state index is 10.7. The zero-order valence-corrected chi connectivity index (χ0v) is 11.4. The molecule has 0 saturated heterocycles. The van der Waals surface area contributed by atoms with Crippen LogP contribution in [0.5, 0.6) is 0 Å². The van der Waals surface area contributed by atoms with Crippen LogP contribution >= 0.6 is 11.6 Å². The van der Waals surface area contributed by atoms with Gasteiger partial charge in [0, 0.05) is 36.4 Å². The number of aryl methyl sites for hydroxylation is 2. The van der Waals surface area contributed by atoms with Crippen LogP contribution in [0.1, 0.15) is 12.5 Å². The number of hydrogen-bond donors (Lipinski definition) is 0. The quantitative estimate of drug-likeness (QED) is 0.474. The molecule has 0 amide bonds. The first-order valence-corrected chi connectivity index (χ1v) is 6.69. The van der Waals surface area contributed by atoms with E-state index in [1.54, 1.807) is 12.1 Å². The molecule has 0 saturated carbocycles. The lowest BCUT2D eigenvalue weighted by atomic mass is 10.1. The smallest absolute Gasteiger partial charge is 0.269 e. The van der Waals surface area contributed by atoms with Crippen LogP contribution in [0.4, 0.5) is 5.69 Å². The highest BCUT2D eigenvalue weighted by atomic mass is 35.5. The number of non-ortho nitro benzene ring substituents is 1. The fourth-order valence-electron chi connectivity index (χ4n) is 2.04. The maximum absolute atomic E-state index is 10.7. The summed E-state index contributed by atoms with van der Waals surface area (Å²) in [7, 11) is 0. The second-order valence-corrected chi connectivity index (χ2v) is 4.65. The van der Waals surface area contributed by atoms with E-state index in [0.717, 1.165) is 24.2 Å². The Bertz CT molecular complexity index is 576. The summed E-state index contributed by atoms with van der Waals surface area (Å²) in [4.78, 5) is 10.3. The molecule has 100 valence electrons. The Hall–Kier alpha value is -1.81. The minimum atomic E-state index is -0.390. The number of halogens is 1. The van der Waals surface area contributed by atoms with Gasteiger partial charge >= 0.3 is 0 Å². The lowest BCUT2D eigenvalue weighted by molar-refractivity contribution is -0.384. The summed E-state index contributed by atoms with van der Waals surface area (Å²) in [5, 5.41) is 10.7. The molecule has 2 aromatic rings. The standard InChI is InChI=1S/C14H15ClN2O2/c1-2-11-9-14(16(10-11)8-7-15)12-3-5-13(6-4-12)17(18)19/h3-6,9-10H,2,7-8H2,1H3. The van der Waals surface area contributed by atoms with E-state index in [2.05, 4.69) is 23.8 Å². The van der Waals surface area contributed by atoms with E-state index in [9.17, 15) is 10.1 Å². The predicted molar refractivity (Wildman–Crippen MR) is 76.6 cm³/mol. The van der Waals surface area contributed by atoms with E-state index >= 15 is 0 Å². The molecule has 0 unspecified atom stereocenters. The number of nitrogens with zero attached hydrogens (tertiary/aromatic N) is 2. The third kappa shape index (κ3) is 2.96. The molecule has 0 N–H and O–H groups in total. The largest absolute Gasteiger partial charge is 0.346 e. The highest BCUT2D eigenvalue weighted by Crippen LogP contribution is 2.25. The van der Waals surface area contributed by atoms with Crippen LogP contribution in [0.25, 0.3) is 11.3 Å². The van der Waals surface area contributed by atoms with Gasteiger partial charge in [0.05, 0.1) is 4.92 Å². The summed E-state index contributed by atoms with van der Waals surface area (Å²) >= 11 is 5.80. The molecule has 1 aromatic heterocycles. The molecule has 0 bridgehead atoms. The minimum absolute atomic E-state index is 0.106. The van der Waals surface area contributed by atoms with Gasteiger partial charge in [-0.3, -0.25) is 10.1 Å². The Morgan fingerprint density at radius 3 is 2.53 bits per heavy atom. The molecular formula is C14H15ClN2O2. The zero-order valence-electron chi connectivity index (χ0n) is 10.7. The number of rotatable bonds is 5. The number of benzene rings is 1. The van der Waals surface area contributed by atoms with Crippen molar-refractivity contribution >= 4 is 17.3 Å². The molecule has 0 aliphatic heterocycles. The van der Waals surface area contributed by atoms with Gasteiger partial charge in [0.25, 0.3) is 5.69 Å². The maximum Gasteiger partial charge on any atom is 0.269 e. The lowest BCUT2D eigenvalue weighted by Crippen LogP contribution is -1.99. The molecule has 1 aromatic carbocycles. The highest BCUT2D eigenvalue weighted by Gasteiger charge is 2.09.